The second kappa shape index (κ2) is 9.21. The van der Waals surface area contributed by atoms with Crippen molar-refractivity contribution in [2.24, 2.45) is 0 Å². The van der Waals surface area contributed by atoms with Crippen LogP contribution in [0, 0.1) is 0 Å². The van der Waals surface area contributed by atoms with Gasteiger partial charge in [0, 0.05) is 43.1 Å². The summed E-state index contributed by atoms with van der Waals surface area (Å²) in [6, 6.07) is 13.2. The molecule has 5 rings (SSSR count). The summed E-state index contributed by atoms with van der Waals surface area (Å²) in [6.07, 6.45) is 2.06. The first-order valence-electron chi connectivity index (χ1n) is 11.3. The summed E-state index contributed by atoms with van der Waals surface area (Å²) >= 11 is 0. The molecule has 10 heteroatoms. The van der Waals surface area contributed by atoms with E-state index in [2.05, 4.69) is 15.2 Å². The van der Waals surface area contributed by atoms with Gasteiger partial charge in [0.25, 0.3) is 5.91 Å². The number of sulfonamides is 1. The molecule has 2 aliphatic rings. The molecule has 9 nitrogen and oxygen atoms in total. The van der Waals surface area contributed by atoms with E-state index < -0.39 is 15.9 Å². The number of carbonyl (C=O) groups is 1. The number of amides is 1. The zero-order valence-electron chi connectivity index (χ0n) is 18.6. The summed E-state index contributed by atoms with van der Waals surface area (Å²) in [7, 11) is -3.74. The molecule has 0 aliphatic carbocycles. The lowest BCUT2D eigenvalue weighted by atomic mass is 10.1. The van der Waals surface area contributed by atoms with Gasteiger partial charge < -0.3 is 19.9 Å². The van der Waals surface area contributed by atoms with E-state index in [1.165, 1.54) is 16.4 Å². The number of para-hydroxylation sites is 1. The molecule has 2 saturated heterocycles. The van der Waals surface area contributed by atoms with Crippen LogP contribution in [0.1, 0.15) is 23.2 Å². The first kappa shape index (κ1) is 22.6. The zero-order valence-corrected chi connectivity index (χ0v) is 19.4. The van der Waals surface area contributed by atoms with Gasteiger partial charge >= 0.3 is 0 Å². The average molecular weight is 483 g/mol. The highest BCUT2D eigenvalue weighted by molar-refractivity contribution is 7.89. The second-order valence-corrected chi connectivity index (χ2v) is 10.4. The molecular formula is C24H26N4O5S. The number of anilines is 2. The first-order valence-corrected chi connectivity index (χ1v) is 12.8. The lowest BCUT2D eigenvalue weighted by Gasteiger charge is -2.27. The van der Waals surface area contributed by atoms with Gasteiger partial charge in [0.15, 0.2) is 0 Å². The molecule has 2 aromatic carbocycles. The van der Waals surface area contributed by atoms with Crippen molar-refractivity contribution in [3.8, 4) is 0 Å². The highest BCUT2D eigenvalue weighted by atomic mass is 32.2. The average Bonchev–Trinajstić information content (AvgIpc) is 3.38. The van der Waals surface area contributed by atoms with Crippen LogP contribution in [0.5, 0.6) is 0 Å². The Bertz CT molecular complexity index is 1390. The predicted molar refractivity (Wildman–Crippen MR) is 130 cm³/mol. The highest BCUT2D eigenvalue weighted by Gasteiger charge is 2.28. The lowest BCUT2D eigenvalue weighted by Crippen LogP contribution is -2.40. The van der Waals surface area contributed by atoms with E-state index in [0.717, 1.165) is 31.6 Å². The molecule has 34 heavy (non-hydrogen) atoms. The topological polar surface area (TPSA) is 112 Å². The van der Waals surface area contributed by atoms with Gasteiger partial charge in [-0.3, -0.25) is 9.59 Å². The van der Waals surface area contributed by atoms with Crippen LogP contribution in [0.3, 0.4) is 0 Å². The number of H-pyrrole nitrogens is 1. The van der Waals surface area contributed by atoms with E-state index in [1.54, 1.807) is 36.4 Å². The Balaban J connectivity index is 1.55. The Morgan fingerprint density at radius 3 is 2.47 bits per heavy atom. The Labute approximate surface area is 197 Å². The Morgan fingerprint density at radius 1 is 0.971 bits per heavy atom. The van der Waals surface area contributed by atoms with Gasteiger partial charge in [-0.1, -0.05) is 18.2 Å². The van der Waals surface area contributed by atoms with Crippen LogP contribution in [-0.2, 0) is 14.8 Å². The third kappa shape index (κ3) is 4.31. The van der Waals surface area contributed by atoms with Crippen molar-refractivity contribution in [2.45, 2.75) is 17.7 Å². The Morgan fingerprint density at radius 2 is 1.71 bits per heavy atom. The minimum atomic E-state index is -3.74. The van der Waals surface area contributed by atoms with Crippen molar-refractivity contribution in [1.82, 2.24) is 9.29 Å². The minimum absolute atomic E-state index is 0.114. The summed E-state index contributed by atoms with van der Waals surface area (Å²) < 4.78 is 33.2. The zero-order chi connectivity index (χ0) is 23.7. The molecule has 3 aromatic rings. The molecule has 0 spiro atoms. The van der Waals surface area contributed by atoms with Crippen LogP contribution in [0.4, 0.5) is 11.4 Å². The first-order chi connectivity index (χ1) is 16.4. The van der Waals surface area contributed by atoms with E-state index in [4.69, 9.17) is 4.74 Å². The molecule has 1 amide bonds. The van der Waals surface area contributed by atoms with Gasteiger partial charge in [-0.15, -0.1) is 0 Å². The van der Waals surface area contributed by atoms with E-state index >= 15 is 0 Å². The number of nitrogens with one attached hydrogen (secondary N) is 2. The molecule has 3 heterocycles. The van der Waals surface area contributed by atoms with Gasteiger partial charge in [0.05, 0.1) is 35.0 Å². The van der Waals surface area contributed by atoms with Crippen molar-refractivity contribution < 1.29 is 17.9 Å². The highest BCUT2D eigenvalue weighted by Crippen LogP contribution is 2.33. The van der Waals surface area contributed by atoms with Crippen LogP contribution in [0.2, 0.25) is 0 Å². The standard InChI is InChI=1S/C24H26N4O5S/c29-23-16-19(18-5-1-2-6-20(18)25-23)24(30)26-21-15-17(7-8-22(21)27-9-3-4-10-27)34(31,32)28-11-13-33-14-12-28/h1-2,5-8,15-16H,3-4,9-14H2,(H,25,29)(H,26,30). The van der Waals surface area contributed by atoms with Crippen molar-refractivity contribution in [2.75, 3.05) is 49.6 Å². The second-order valence-electron chi connectivity index (χ2n) is 8.44. The monoisotopic (exact) mass is 482 g/mol. The molecule has 178 valence electrons. The third-order valence-corrected chi connectivity index (χ3v) is 8.16. The van der Waals surface area contributed by atoms with E-state index in [9.17, 15) is 18.0 Å². The van der Waals surface area contributed by atoms with Crippen LogP contribution < -0.4 is 15.8 Å². The van der Waals surface area contributed by atoms with Crippen LogP contribution in [-0.4, -0.2) is 63.0 Å². The Kier molecular flexibility index (Phi) is 6.11. The third-order valence-electron chi connectivity index (χ3n) is 6.27. The van der Waals surface area contributed by atoms with Gasteiger partial charge in [0.1, 0.15) is 0 Å². The number of nitrogens with zero attached hydrogens (tertiary/aromatic N) is 2. The number of hydrogen-bond donors (Lipinski definition) is 2. The summed E-state index contributed by atoms with van der Waals surface area (Å²) in [5.74, 6) is -0.469. The fourth-order valence-corrected chi connectivity index (χ4v) is 5.96. The van der Waals surface area contributed by atoms with E-state index in [-0.39, 0.29) is 29.1 Å². The van der Waals surface area contributed by atoms with E-state index in [0.29, 0.717) is 29.8 Å². The van der Waals surface area contributed by atoms with Crippen LogP contribution >= 0.6 is 0 Å². The maximum atomic E-state index is 13.4. The molecule has 0 bridgehead atoms. The molecule has 0 radical (unpaired) electrons. The van der Waals surface area contributed by atoms with Gasteiger partial charge in [0.2, 0.25) is 15.6 Å². The fourth-order valence-electron chi connectivity index (χ4n) is 4.53. The Hall–Kier alpha value is -3.21. The number of hydrogen-bond acceptors (Lipinski definition) is 6. The van der Waals surface area contributed by atoms with Gasteiger partial charge in [-0.05, 0) is 37.1 Å². The fraction of sp³-hybridized carbons (Fsp3) is 0.333. The number of morpholine rings is 1. The van der Waals surface area contributed by atoms with Gasteiger partial charge in [-0.25, -0.2) is 8.42 Å². The number of fused-ring (bicyclic) bond motifs is 1. The number of pyridine rings is 1. The molecule has 0 unspecified atom stereocenters. The number of aromatic nitrogens is 1. The summed E-state index contributed by atoms with van der Waals surface area (Å²) in [5, 5.41) is 3.51. The molecule has 1 aromatic heterocycles. The normalized spacial score (nSPS) is 17.2. The van der Waals surface area contributed by atoms with Crippen LogP contribution in [0.25, 0.3) is 10.9 Å². The lowest BCUT2D eigenvalue weighted by molar-refractivity contribution is 0.0730. The maximum absolute atomic E-state index is 13.4. The van der Waals surface area contributed by atoms with Gasteiger partial charge in [-0.2, -0.15) is 4.31 Å². The van der Waals surface area contributed by atoms with Crippen molar-refractivity contribution in [1.29, 1.82) is 0 Å². The van der Waals surface area contributed by atoms with Crippen molar-refractivity contribution in [3.63, 3.8) is 0 Å². The minimum Gasteiger partial charge on any atom is -0.379 e. The number of ether oxygens (including phenoxy) is 1. The number of rotatable bonds is 5. The number of aromatic amines is 1. The summed E-state index contributed by atoms with van der Waals surface area (Å²) in [4.78, 5) is 30.5. The van der Waals surface area contributed by atoms with Crippen molar-refractivity contribution in [3.05, 3.63) is 64.4 Å². The smallest absolute Gasteiger partial charge is 0.256 e. The van der Waals surface area contributed by atoms with Crippen LogP contribution in [0.15, 0.2) is 58.2 Å². The molecule has 0 saturated carbocycles. The number of carbonyl (C=O) groups excluding carboxylic acids is 1. The summed E-state index contributed by atoms with van der Waals surface area (Å²) in [6.45, 7) is 2.93. The van der Waals surface area contributed by atoms with E-state index in [1.807, 2.05) is 0 Å². The van der Waals surface area contributed by atoms with Crippen molar-refractivity contribution >= 4 is 38.2 Å². The molecular weight excluding hydrogens is 456 g/mol. The molecule has 2 N–H and O–H groups in total. The number of benzene rings is 2. The largest absolute Gasteiger partial charge is 0.379 e. The predicted octanol–water partition coefficient (Wildman–Crippen LogP) is 2.40. The quantitative estimate of drug-likeness (QED) is 0.578. The molecule has 2 aliphatic heterocycles. The maximum Gasteiger partial charge on any atom is 0.256 e. The summed E-state index contributed by atoms with van der Waals surface area (Å²) in [5.41, 5.74) is 1.58. The SMILES string of the molecule is O=C(Nc1cc(S(=O)(=O)N2CCOCC2)ccc1N1CCCC1)c1cc(=O)[nH]c2ccccc12. The molecule has 0 atom stereocenters. The molecule has 2 fully saturated rings.